The summed E-state index contributed by atoms with van der Waals surface area (Å²) < 4.78 is 15.7. The number of hydrogen-bond donors (Lipinski definition) is 1. The van der Waals surface area contributed by atoms with E-state index >= 15 is 0 Å². The number of hydrazone groups is 1. The van der Waals surface area contributed by atoms with Crippen molar-refractivity contribution in [1.29, 1.82) is 0 Å². The van der Waals surface area contributed by atoms with Crippen molar-refractivity contribution in [2.45, 2.75) is 6.42 Å². The monoisotopic (exact) mass is 310 g/mol. The van der Waals surface area contributed by atoms with Gasteiger partial charge in [-0.15, -0.1) is 0 Å². The summed E-state index contributed by atoms with van der Waals surface area (Å²) in [5, 5.41) is 4.14. The molecule has 1 aromatic rings. The summed E-state index contributed by atoms with van der Waals surface area (Å²) >= 11 is 1.81. The van der Waals surface area contributed by atoms with E-state index in [2.05, 4.69) is 10.5 Å². The second-order valence-electron chi connectivity index (χ2n) is 4.34. The number of hydrogen-bond acceptors (Lipinski definition) is 6. The van der Waals surface area contributed by atoms with Crippen molar-refractivity contribution in [3.63, 3.8) is 0 Å². The molecule has 1 aliphatic rings. The summed E-state index contributed by atoms with van der Waals surface area (Å²) in [4.78, 5) is 12.2. The zero-order valence-corrected chi connectivity index (χ0v) is 13.1. The Hall–Kier alpha value is -1.89. The molecule has 0 saturated carbocycles. The molecule has 0 aromatic heterocycles. The van der Waals surface area contributed by atoms with Gasteiger partial charge in [-0.3, -0.25) is 4.79 Å². The van der Waals surface area contributed by atoms with Crippen molar-refractivity contribution in [2.75, 3.05) is 32.8 Å². The van der Waals surface area contributed by atoms with E-state index in [0.717, 1.165) is 23.6 Å². The fraction of sp³-hybridized carbons (Fsp3) is 0.429. The number of ether oxygens (including phenoxy) is 3. The molecule has 1 fully saturated rings. The number of carbonyl (C=O) groups is 1. The third-order valence-corrected chi connectivity index (χ3v) is 4.08. The van der Waals surface area contributed by atoms with E-state index in [1.165, 1.54) is 21.3 Å². The molecule has 1 saturated heterocycles. The van der Waals surface area contributed by atoms with Gasteiger partial charge in [0.2, 0.25) is 5.75 Å². The largest absolute Gasteiger partial charge is 0.493 e. The van der Waals surface area contributed by atoms with Crippen LogP contribution in [0, 0.1) is 0 Å². The lowest BCUT2D eigenvalue weighted by Gasteiger charge is -2.13. The van der Waals surface area contributed by atoms with Gasteiger partial charge in [-0.25, -0.2) is 5.43 Å². The van der Waals surface area contributed by atoms with Gasteiger partial charge >= 0.3 is 0 Å². The van der Waals surface area contributed by atoms with Crippen molar-refractivity contribution < 1.29 is 19.0 Å². The van der Waals surface area contributed by atoms with Crippen molar-refractivity contribution in [1.82, 2.24) is 5.43 Å². The highest BCUT2D eigenvalue weighted by atomic mass is 32.2. The molecular formula is C14H18N2O4S. The summed E-state index contributed by atoms with van der Waals surface area (Å²) in [6.45, 7) is 0. The van der Waals surface area contributed by atoms with Gasteiger partial charge in [-0.05, 0) is 24.3 Å². The number of rotatable bonds is 5. The highest BCUT2D eigenvalue weighted by Crippen LogP contribution is 2.38. The van der Waals surface area contributed by atoms with Gasteiger partial charge in [0.15, 0.2) is 11.5 Å². The van der Waals surface area contributed by atoms with Gasteiger partial charge in [0.25, 0.3) is 5.91 Å². The normalized spacial score (nSPS) is 15.9. The summed E-state index contributed by atoms with van der Waals surface area (Å²) in [6, 6.07) is 3.19. The van der Waals surface area contributed by atoms with Crippen LogP contribution in [0.3, 0.4) is 0 Å². The fourth-order valence-electron chi connectivity index (χ4n) is 1.95. The molecule has 1 amide bonds. The Morgan fingerprint density at radius 3 is 2.33 bits per heavy atom. The maximum atomic E-state index is 12.2. The molecule has 1 heterocycles. The first-order chi connectivity index (χ1) is 10.2. The van der Waals surface area contributed by atoms with Crippen LogP contribution in [0.5, 0.6) is 17.2 Å². The third kappa shape index (κ3) is 3.60. The third-order valence-electron chi connectivity index (χ3n) is 3.05. The number of nitrogens with zero attached hydrogens (tertiary/aromatic N) is 1. The molecule has 114 valence electrons. The van der Waals surface area contributed by atoms with E-state index in [-0.39, 0.29) is 5.91 Å². The smallest absolute Gasteiger partial charge is 0.271 e. The Bertz CT molecular complexity index is 527. The highest BCUT2D eigenvalue weighted by molar-refractivity contribution is 8.00. The Balaban J connectivity index is 2.22. The SMILES string of the molecule is COc1cc(C(=O)N/N=C2/CCSC2)cc(OC)c1OC. The van der Waals surface area contributed by atoms with E-state index in [1.54, 1.807) is 12.1 Å². The Kier molecular flexibility index (Phi) is 5.32. The summed E-state index contributed by atoms with van der Waals surface area (Å²) in [7, 11) is 4.54. The molecule has 0 bridgehead atoms. The van der Waals surface area contributed by atoms with Crippen molar-refractivity contribution in [2.24, 2.45) is 5.10 Å². The Morgan fingerprint density at radius 2 is 1.86 bits per heavy atom. The zero-order chi connectivity index (χ0) is 15.2. The van der Waals surface area contributed by atoms with E-state index in [0.29, 0.717) is 22.8 Å². The molecule has 0 unspecified atom stereocenters. The minimum atomic E-state index is -0.307. The van der Waals surface area contributed by atoms with Crippen LogP contribution in [-0.2, 0) is 0 Å². The maximum absolute atomic E-state index is 12.2. The number of thioether (sulfide) groups is 1. The van der Waals surface area contributed by atoms with Crippen LogP contribution < -0.4 is 19.6 Å². The van der Waals surface area contributed by atoms with E-state index in [1.807, 2.05) is 11.8 Å². The van der Waals surface area contributed by atoms with Crippen LogP contribution >= 0.6 is 11.8 Å². The number of amides is 1. The standard InChI is InChI=1S/C14H18N2O4S/c1-18-11-6-9(7-12(19-2)13(11)20-3)14(17)16-15-10-4-5-21-8-10/h6-7H,4-5,8H2,1-3H3,(H,16,17)/b15-10-. The van der Waals surface area contributed by atoms with Gasteiger partial charge in [0.1, 0.15) is 0 Å². The van der Waals surface area contributed by atoms with Crippen molar-refractivity contribution in [3.05, 3.63) is 17.7 Å². The molecule has 1 aliphatic heterocycles. The summed E-state index contributed by atoms with van der Waals surface area (Å²) in [5.41, 5.74) is 3.97. The molecule has 1 N–H and O–H groups in total. The number of benzene rings is 1. The molecule has 7 heteroatoms. The van der Waals surface area contributed by atoms with E-state index in [4.69, 9.17) is 14.2 Å². The molecule has 21 heavy (non-hydrogen) atoms. The van der Waals surface area contributed by atoms with Crippen LogP contribution in [0.25, 0.3) is 0 Å². The maximum Gasteiger partial charge on any atom is 0.271 e. The topological polar surface area (TPSA) is 69.2 Å². The molecule has 0 spiro atoms. The number of carbonyl (C=O) groups excluding carboxylic acids is 1. The summed E-state index contributed by atoms with van der Waals surface area (Å²) in [5.74, 6) is 2.94. The molecule has 2 rings (SSSR count). The molecule has 0 radical (unpaired) electrons. The van der Waals surface area contributed by atoms with Gasteiger partial charge in [-0.2, -0.15) is 16.9 Å². The fourth-order valence-corrected chi connectivity index (χ4v) is 2.92. The van der Waals surface area contributed by atoms with Gasteiger partial charge in [-0.1, -0.05) is 0 Å². The van der Waals surface area contributed by atoms with Gasteiger partial charge in [0, 0.05) is 17.0 Å². The average Bonchev–Trinajstić information content (AvgIpc) is 3.04. The zero-order valence-electron chi connectivity index (χ0n) is 12.3. The van der Waals surface area contributed by atoms with Crippen LogP contribution in [0.1, 0.15) is 16.8 Å². The van der Waals surface area contributed by atoms with Crippen LogP contribution in [-0.4, -0.2) is 44.5 Å². The molecule has 0 aliphatic carbocycles. The predicted octanol–water partition coefficient (Wildman–Crippen LogP) is 1.94. The van der Waals surface area contributed by atoms with E-state index < -0.39 is 0 Å². The van der Waals surface area contributed by atoms with Gasteiger partial charge in [0.05, 0.1) is 21.3 Å². The summed E-state index contributed by atoms with van der Waals surface area (Å²) in [6.07, 6.45) is 0.917. The molecule has 1 aromatic carbocycles. The average molecular weight is 310 g/mol. The lowest BCUT2D eigenvalue weighted by Crippen LogP contribution is -2.20. The van der Waals surface area contributed by atoms with Crippen LogP contribution in [0.2, 0.25) is 0 Å². The number of methoxy groups -OCH3 is 3. The molecule has 6 nitrogen and oxygen atoms in total. The Morgan fingerprint density at radius 1 is 1.19 bits per heavy atom. The first kappa shape index (κ1) is 15.5. The first-order valence-electron chi connectivity index (χ1n) is 6.43. The second kappa shape index (κ2) is 7.21. The molecule has 0 atom stereocenters. The highest BCUT2D eigenvalue weighted by Gasteiger charge is 2.17. The van der Waals surface area contributed by atoms with Crippen molar-refractivity contribution in [3.8, 4) is 17.2 Å². The molecular weight excluding hydrogens is 292 g/mol. The lowest BCUT2D eigenvalue weighted by atomic mass is 10.1. The quantitative estimate of drug-likeness (QED) is 0.842. The van der Waals surface area contributed by atoms with Crippen LogP contribution in [0.15, 0.2) is 17.2 Å². The minimum Gasteiger partial charge on any atom is -0.493 e. The minimum absolute atomic E-state index is 0.307. The van der Waals surface area contributed by atoms with Crippen LogP contribution in [0.4, 0.5) is 0 Å². The van der Waals surface area contributed by atoms with E-state index in [9.17, 15) is 4.79 Å². The second-order valence-corrected chi connectivity index (χ2v) is 5.44. The van der Waals surface area contributed by atoms with Gasteiger partial charge < -0.3 is 14.2 Å². The predicted molar refractivity (Wildman–Crippen MR) is 82.9 cm³/mol. The lowest BCUT2D eigenvalue weighted by molar-refractivity contribution is 0.0954. The number of nitrogens with one attached hydrogen (secondary N) is 1. The van der Waals surface area contributed by atoms with Crippen molar-refractivity contribution >= 4 is 23.4 Å². The first-order valence-corrected chi connectivity index (χ1v) is 7.58. The Labute approximate surface area is 127 Å².